The van der Waals surface area contributed by atoms with Gasteiger partial charge in [-0.1, -0.05) is 41.3 Å². The van der Waals surface area contributed by atoms with Gasteiger partial charge >= 0.3 is 0 Å². The summed E-state index contributed by atoms with van der Waals surface area (Å²) in [6.45, 7) is 6.18. The SMILES string of the molecule is CCOc1ccc(NC(=O)[C@H](C)Sc2nnc(NC(=O)c3ccccc3C)s2)cc1. The van der Waals surface area contributed by atoms with Crippen molar-refractivity contribution in [2.75, 3.05) is 17.2 Å². The number of anilines is 2. The molecule has 0 bridgehead atoms. The summed E-state index contributed by atoms with van der Waals surface area (Å²) in [5.74, 6) is 0.374. The Balaban J connectivity index is 1.55. The normalized spacial score (nSPS) is 11.6. The van der Waals surface area contributed by atoms with Crippen molar-refractivity contribution >= 4 is 45.7 Å². The summed E-state index contributed by atoms with van der Waals surface area (Å²) in [5, 5.41) is 13.7. The number of carbonyl (C=O) groups is 2. The van der Waals surface area contributed by atoms with E-state index < -0.39 is 0 Å². The van der Waals surface area contributed by atoms with Gasteiger partial charge in [0, 0.05) is 11.3 Å². The zero-order chi connectivity index (χ0) is 21.5. The van der Waals surface area contributed by atoms with Crippen molar-refractivity contribution in [2.24, 2.45) is 0 Å². The first-order chi connectivity index (χ1) is 14.5. The molecule has 0 fully saturated rings. The van der Waals surface area contributed by atoms with E-state index in [2.05, 4.69) is 20.8 Å². The zero-order valence-corrected chi connectivity index (χ0v) is 18.5. The topological polar surface area (TPSA) is 93.2 Å². The third-order valence-corrected chi connectivity index (χ3v) is 6.12. The first-order valence-corrected chi connectivity index (χ1v) is 11.1. The molecule has 0 aliphatic carbocycles. The number of hydrogen-bond acceptors (Lipinski definition) is 7. The van der Waals surface area contributed by atoms with Crippen LogP contribution in [0, 0.1) is 6.92 Å². The van der Waals surface area contributed by atoms with Crippen molar-refractivity contribution in [1.82, 2.24) is 10.2 Å². The molecule has 2 N–H and O–H groups in total. The second-order valence-electron chi connectivity index (χ2n) is 6.35. The fourth-order valence-corrected chi connectivity index (χ4v) is 4.44. The Morgan fingerprint density at radius 1 is 1.10 bits per heavy atom. The number of amides is 2. The minimum absolute atomic E-state index is 0.148. The number of ether oxygens (including phenoxy) is 1. The smallest absolute Gasteiger partial charge is 0.257 e. The van der Waals surface area contributed by atoms with E-state index in [1.807, 2.05) is 44.2 Å². The van der Waals surface area contributed by atoms with Crippen LogP contribution in [0.15, 0.2) is 52.9 Å². The van der Waals surface area contributed by atoms with E-state index in [-0.39, 0.29) is 17.1 Å². The Hall–Kier alpha value is -2.91. The van der Waals surface area contributed by atoms with Gasteiger partial charge in [0.15, 0.2) is 4.34 Å². The van der Waals surface area contributed by atoms with Crippen LogP contribution >= 0.6 is 23.1 Å². The second-order valence-corrected chi connectivity index (χ2v) is 8.91. The Morgan fingerprint density at radius 3 is 2.53 bits per heavy atom. The lowest BCUT2D eigenvalue weighted by atomic mass is 10.1. The summed E-state index contributed by atoms with van der Waals surface area (Å²) in [7, 11) is 0. The number of carbonyl (C=O) groups excluding carboxylic acids is 2. The summed E-state index contributed by atoms with van der Waals surface area (Å²) in [4.78, 5) is 24.8. The third kappa shape index (κ3) is 5.80. The van der Waals surface area contributed by atoms with E-state index in [1.54, 1.807) is 25.1 Å². The maximum atomic E-state index is 12.5. The van der Waals surface area contributed by atoms with Crippen molar-refractivity contribution in [3.8, 4) is 5.75 Å². The van der Waals surface area contributed by atoms with Crippen molar-refractivity contribution in [1.29, 1.82) is 0 Å². The zero-order valence-electron chi connectivity index (χ0n) is 16.8. The molecule has 156 valence electrons. The molecule has 0 radical (unpaired) electrons. The summed E-state index contributed by atoms with van der Waals surface area (Å²) in [6, 6.07) is 14.5. The maximum Gasteiger partial charge on any atom is 0.257 e. The molecule has 30 heavy (non-hydrogen) atoms. The molecule has 0 unspecified atom stereocenters. The summed E-state index contributed by atoms with van der Waals surface area (Å²) >= 11 is 2.52. The lowest BCUT2D eigenvalue weighted by molar-refractivity contribution is -0.115. The predicted molar refractivity (Wildman–Crippen MR) is 121 cm³/mol. The summed E-state index contributed by atoms with van der Waals surface area (Å²) in [5.41, 5.74) is 2.16. The number of hydrogen-bond donors (Lipinski definition) is 2. The van der Waals surface area contributed by atoms with Gasteiger partial charge in [0.05, 0.1) is 11.9 Å². The number of aryl methyl sites for hydroxylation is 1. The molecule has 0 aliphatic rings. The van der Waals surface area contributed by atoms with Crippen LogP contribution in [-0.4, -0.2) is 33.9 Å². The number of nitrogens with one attached hydrogen (secondary N) is 2. The van der Waals surface area contributed by atoms with Crippen molar-refractivity contribution in [3.63, 3.8) is 0 Å². The average Bonchev–Trinajstić information content (AvgIpc) is 3.16. The Kier molecular flexibility index (Phi) is 7.42. The van der Waals surface area contributed by atoms with E-state index in [4.69, 9.17) is 4.74 Å². The highest BCUT2D eigenvalue weighted by atomic mass is 32.2. The molecule has 1 aromatic heterocycles. The largest absolute Gasteiger partial charge is 0.494 e. The van der Waals surface area contributed by atoms with E-state index >= 15 is 0 Å². The molecule has 3 rings (SSSR count). The lowest BCUT2D eigenvalue weighted by Crippen LogP contribution is -2.22. The van der Waals surface area contributed by atoms with E-state index in [9.17, 15) is 9.59 Å². The molecule has 1 atom stereocenters. The molecule has 7 nitrogen and oxygen atoms in total. The molecular weight excluding hydrogens is 420 g/mol. The number of thioether (sulfide) groups is 1. The van der Waals surface area contributed by atoms with E-state index in [0.717, 1.165) is 11.3 Å². The highest BCUT2D eigenvalue weighted by Gasteiger charge is 2.18. The number of aromatic nitrogens is 2. The minimum Gasteiger partial charge on any atom is -0.494 e. The van der Waals surface area contributed by atoms with Crippen LogP contribution in [0.25, 0.3) is 0 Å². The average molecular weight is 443 g/mol. The molecule has 2 aromatic carbocycles. The van der Waals surface area contributed by atoms with Gasteiger partial charge in [-0.05, 0) is 56.7 Å². The highest BCUT2D eigenvalue weighted by Crippen LogP contribution is 2.30. The first kappa shape index (κ1) is 21.8. The van der Waals surface area contributed by atoms with Crippen LogP contribution in [0.1, 0.15) is 29.8 Å². The van der Waals surface area contributed by atoms with Crippen LogP contribution in [0.4, 0.5) is 10.8 Å². The van der Waals surface area contributed by atoms with Crippen molar-refractivity contribution in [2.45, 2.75) is 30.4 Å². The fraction of sp³-hybridized carbons (Fsp3) is 0.238. The fourth-order valence-electron chi connectivity index (χ4n) is 2.55. The maximum absolute atomic E-state index is 12.5. The van der Waals surface area contributed by atoms with Crippen LogP contribution in [0.3, 0.4) is 0 Å². The molecule has 0 spiro atoms. The molecule has 1 heterocycles. The summed E-state index contributed by atoms with van der Waals surface area (Å²) in [6.07, 6.45) is 0. The van der Waals surface area contributed by atoms with Crippen LogP contribution < -0.4 is 15.4 Å². The van der Waals surface area contributed by atoms with Gasteiger partial charge in [-0.2, -0.15) is 0 Å². The molecule has 2 amide bonds. The van der Waals surface area contributed by atoms with Gasteiger partial charge in [0.2, 0.25) is 11.0 Å². The molecule has 9 heteroatoms. The molecule has 0 saturated carbocycles. The molecule has 0 saturated heterocycles. The number of rotatable bonds is 8. The minimum atomic E-state index is -0.385. The standard InChI is InChI=1S/C21H22N4O3S2/c1-4-28-16-11-9-15(10-12-16)22-18(26)14(3)29-21-25-24-20(30-21)23-19(27)17-8-6-5-7-13(17)2/h5-12,14H,4H2,1-3H3,(H,22,26)(H,23,24,27)/t14-/m0/s1. The molecule has 3 aromatic rings. The highest BCUT2D eigenvalue weighted by molar-refractivity contribution is 8.02. The van der Waals surface area contributed by atoms with Gasteiger partial charge in [0.25, 0.3) is 5.91 Å². The van der Waals surface area contributed by atoms with Crippen LogP contribution in [0.5, 0.6) is 5.75 Å². The Labute approximate surface area is 183 Å². The number of benzene rings is 2. The molecule has 0 aliphatic heterocycles. The van der Waals surface area contributed by atoms with Crippen LogP contribution in [0.2, 0.25) is 0 Å². The van der Waals surface area contributed by atoms with Gasteiger partial charge in [-0.3, -0.25) is 14.9 Å². The molecular formula is C21H22N4O3S2. The quantitative estimate of drug-likeness (QED) is 0.391. The second kappa shape index (κ2) is 10.2. The Bertz CT molecular complexity index is 1020. The number of nitrogens with zero attached hydrogens (tertiary/aromatic N) is 2. The summed E-state index contributed by atoms with van der Waals surface area (Å²) < 4.78 is 6.00. The van der Waals surface area contributed by atoms with Crippen molar-refractivity contribution < 1.29 is 14.3 Å². The van der Waals surface area contributed by atoms with Crippen LogP contribution in [-0.2, 0) is 4.79 Å². The van der Waals surface area contributed by atoms with E-state index in [1.165, 1.54) is 23.1 Å². The lowest BCUT2D eigenvalue weighted by Gasteiger charge is -2.11. The van der Waals surface area contributed by atoms with Gasteiger partial charge in [-0.25, -0.2) is 0 Å². The van der Waals surface area contributed by atoms with Gasteiger partial charge < -0.3 is 10.1 Å². The third-order valence-electron chi connectivity index (χ3n) is 4.10. The van der Waals surface area contributed by atoms with Gasteiger partial charge in [-0.15, -0.1) is 10.2 Å². The van der Waals surface area contributed by atoms with Crippen molar-refractivity contribution in [3.05, 3.63) is 59.7 Å². The monoisotopic (exact) mass is 442 g/mol. The predicted octanol–water partition coefficient (Wildman–Crippen LogP) is 4.62. The Morgan fingerprint density at radius 2 is 1.83 bits per heavy atom. The van der Waals surface area contributed by atoms with E-state index in [0.29, 0.717) is 27.3 Å². The first-order valence-electron chi connectivity index (χ1n) is 9.37. The van der Waals surface area contributed by atoms with Gasteiger partial charge in [0.1, 0.15) is 5.75 Å².